The number of nitrogens with one attached hydrogen (secondary N) is 1. The van der Waals surface area contributed by atoms with Gasteiger partial charge in [0.05, 0.1) is 12.7 Å². The van der Waals surface area contributed by atoms with E-state index in [1.165, 1.54) is 0 Å². The molecular weight excluding hydrogens is 342 g/mol. The maximum absolute atomic E-state index is 12.0. The summed E-state index contributed by atoms with van der Waals surface area (Å²) in [6.07, 6.45) is 1.64. The van der Waals surface area contributed by atoms with Crippen LogP contribution in [0.25, 0.3) is 11.0 Å². The van der Waals surface area contributed by atoms with Gasteiger partial charge in [-0.1, -0.05) is 49.4 Å². The van der Waals surface area contributed by atoms with E-state index in [4.69, 9.17) is 9.15 Å². The molecule has 0 unspecified atom stereocenters. The molecule has 5 nitrogen and oxygen atoms in total. The Morgan fingerprint density at radius 1 is 1.15 bits per heavy atom. The minimum Gasteiger partial charge on any atom is -0.464 e. The number of furan rings is 1. The molecule has 0 aliphatic rings. The molecular formula is C22H23NO4. The first-order valence-corrected chi connectivity index (χ1v) is 8.97. The summed E-state index contributed by atoms with van der Waals surface area (Å²) in [5.74, 6) is -0.574. The molecule has 0 saturated heterocycles. The van der Waals surface area contributed by atoms with Crippen LogP contribution in [0.4, 0.5) is 0 Å². The Kier molecular flexibility index (Phi) is 5.91. The lowest BCUT2D eigenvalue weighted by molar-refractivity contribution is -0.147. The van der Waals surface area contributed by atoms with E-state index in [-0.39, 0.29) is 24.9 Å². The third-order valence-corrected chi connectivity index (χ3v) is 4.48. The van der Waals surface area contributed by atoms with E-state index in [0.717, 1.165) is 27.7 Å². The molecule has 2 aromatic carbocycles. The number of carbonyl (C=O) groups excluding carboxylic acids is 2. The Bertz CT molecular complexity index is 930. The molecule has 3 rings (SSSR count). The molecule has 1 heterocycles. The predicted octanol–water partition coefficient (Wildman–Crippen LogP) is 3.75. The van der Waals surface area contributed by atoms with Crippen LogP contribution in [0.3, 0.4) is 0 Å². The van der Waals surface area contributed by atoms with Crippen LogP contribution in [0.5, 0.6) is 0 Å². The molecule has 0 saturated carbocycles. The lowest BCUT2D eigenvalue weighted by atomic mass is 10.0. The maximum atomic E-state index is 12.0. The Labute approximate surface area is 158 Å². The van der Waals surface area contributed by atoms with Crippen molar-refractivity contribution in [3.8, 4) is 0 Å². The fraction of sp³-hybridized carbons (Fsp3) is 0.273. The van der Waals surface area contributed by atoms with Gasteiger partial charge < -0.3 is 14.5 Å². The van der Waals surface area contributed by atoms with Crippen molar-refractivity contribution in [2.45, 2.75) is 26.2 Å². The fourth-order valence-corrected chi connectivity index (χ4v) is 2.90. The molecule has 27 heavy (non-hydrogen) atoms. The highest BCUT2D eigenvalue weighted by molar-refractivity contribution is 5.87. The number of fused-ring (bicyclic) bond motifs is 1. The molecule has 5 heteroatoms. The topological polar surface area (TPSA) is 68.5 Å². The van der Waals surface area contributed by atoms with Crippen LogP contribution in [0, 0.1) is 6.92 Å². The summed E-state index contributed by atoms with van der Waals surface area (Å²) in [7, 11) is 0. The van der Waals surface area contributed by atoms with E-state index >= 15 is 0 Å². The molecule has 1 N–H and O–H groups in total. The van der Waals surface area contributed by atoms with Gasteiger partial charge in [-0.3, -0.25) is 9.59 Å². The first-order valence-electron chi connectivity index (χ1n) is 8.97. The zero-order valence-corrected chi connectivity index (χ0v) is 15.5. The van der Waals surface area contributed by atoms with Crippen LogP contribution in [0.15, 0.2) is 59.2 Å². The Hall–Kier alpha value is -3.08. The van der Waals surface area contributed by atoms with E-state index in [0.29, 0.717) is 6.54 Å². The number of amides is 1. The summed E-state index contributed by atoms with van der Waals surface area (Å²) in [6, 6.07) is 15.8. The third-order valence-electron chi connectivity index (χ3n) is 4.48. The van der Waals surface area contributed by atoms with Crippen molar-refractivity contribution in [2.75, 3.05) is 13.2 Å². The molecule has 0 spiro atoms. The largest absolute Gasteiger partial charge is 0.464 e. The number of esters is 1. The Morgan fingerprint density at radius 3 is 2.70 bits per heavy atom. The number of aryl methyl sites for hydroxylation is 1. The van der Waals surface area contributed by atoms with Gasteiger partial charge >= 0.3 is 5.97 Å². The second-order valence-corrected chi connectivity index (χ2v) is 6.71. The van der Waals surface area contributed by atoms with Crippen LogP contribution in [0.1, 0.15) is 29.5 Å². The number of benzene rings is 2. The lowest BCUT2D eigenvalue weighted by Crippen LogP contribution is -2.31. The molecule has 0 bridgehead atoms. The first-order chi connectivity index (χ1) is 13.0. The van der Waals surface area contributed by atoms with Gasteiger partial charge in [-0.15, -0.1) is 0 Å². The van der Waals surface area contributed by atoms with E-state index in [1.807, 2.05) is 62.4 Å². The van der Waals surface area contributed by atoms with Crippen molar-refractivity contribution in [3.63, 3.8) is 0 Å². The van der Waals surface area contributed by atoms with E-state index in [9.17, 15) is 9.59 Å². The standard InChI is InChI=1S/C22H23NO4/c1-15-8-9-19-18(13-26-20(19)10-15)11-22(25)27-14-21(24)23-12-16(2)17-6-4-3-5-7-17/h3-10,13,16H,11-12,14H2,1-2H3,(H,23,24)/t16-/m0/s1. The van der Waals surface area contributed by atoms with Crippen molar-refractivity contribution in [1.29, 1.82) is 0 Å². The minimum atomic E-state index is -0.454. The molecule has 3 aromatic rings. The van der Waals surface area contributed by atoms with Crippen LogP contribution in [0.2, 0.25) is 0 Å². The minimum absolute atomic E-state index is 0.0732. The van der Waals surface area contributed by atoms with E-state index < -0.39 is 5.97 Å². The number of hydrogen-bond acceptors (Lipinski definition) is 4. The summed E-state index contributed by atoms with van der Waals surface area (Å²) in [6.45, 7) is 4.22. The lowest BCUT2D eigenvalue weighted by Gasteiger charge is -2.13. The number of hydrogen-bond donors (Lipinski definition) is 1. The molecule has 0 radical (unpaired) electrons. The normalized spacial score (nSPS) is 11.9. The van der Waals surface area contributed by atoms with Crippen molar-refractivity contribution in [3.05, 3.63) is 71.5 Å². The van der Waals surface area contributed by atoms with Gasteiger partial charge in [0.15, 0.2) is 6.61 Å². The molecule has 0 fully saturated rings. The van der Waals surface area contributed by atoms with Crippen LogP contribution < -0.4 is 5.32 Å². The SMILES string of the molecule is Cc1ccc2c(CC(=O)OCC(=O)NC[C@H](C)c3ccccc3)coc2c1. The maximum Gasteiger partial charge on any atom is 0.310 e. The summed E-state index contributed by atoms with van der Waals surface area (Å²) in [5, 5.41) is 3.68. The van der Waals surface area contributed by atoms with Gasteiger partial charge in [0.1, 0.15) is 5.58 Å². The second-order valence-electron chi connectivity index (χ2n) is 6.71. The van der Waals surface area contributed by atoms with E-state index in [1.54, 1.807) is 6.26 Å². The van der Waals surface area contributed by atoms with Gasteiger partial charge in [0.25, 0.3) is 5.91 Å². The quantitative estimate of drug-likeness (QED) is 0.648. The highest BCUT2D eigenvalue weighted by Crippen LogP contribution is 2.22. The van der Waals surface area contributed by atoms with Gasteiger partial charge in [-0.05, 0) is 30.0 Å². The Balaban J connectivity index is 1.45. The van der Waals surface area contributed by atoms with Crippen LogP contribution >= 0.6 is 0 Å². The average Bonchev–Trinajstić information content (AvgIpc) is 3.06. The predicted molar refractivity (Wildman–Crippen MR) is 103 cm³/mol. The van der Waals surface area contributed by atoms with Crippen molar-refractivity contribution >= 4 is 22.8 Å². The zero-order chi connectivity index (χ0) is 19.2. The summed E-state index contributed by atoms with van der Waals surface area (Å²) in [4.78, 5) is 24.0. The van der Waals surface area contributed by atoms with E-state index in [2.05, 4.69) is 5.32 Å². The van der Waals surface area contributed by atoms with Gasteiger partial charge in [-0.2, -0.15) is 0 Å². The fourth-order valence-electron chi connectivity index (χ4n) is 2.90. The van der Waals surface area contributed by atoms with Crippen molar-refractivity contribution in [1.82, 2.24) is 5.32 Å². The molecule has 0 aliphatic carbocycles. The third kappa shape index (κ3) is 4.97. The van der Waals surface area contributed by atoms with Gasteiger partial charge in [-0.25, -0.2) is 0 Å². The zero-order valence-electron chi connectivity index (χ0n) is 15.5. The summed E-state index contributed by atoms with van der Waals surface area (Å²) >= 11 is 0. The highest BCUT2D eigenvalue weighted by Gasteiger charge is 2.14. The van der Waals surface area contributed by atoms with Crippen LogP contribution in [-0.2, 0) is 20.7 Å². The number of ether oxygens (including phenoxy) is 1. The van der Waals surface area contributed by atoms with Gasteiger partial charge in [0.2, 0.25) is 0 Å². The monoisotopic (exact) mass is 365 g/mol. The van der Waals surface area contributed by atoms with Crippen LogP contribution in [-0.4, -0.2) is 25.0 Å². The molecule has 0 aliphatic heterocycles. The molecule has 1 aromatic heterocycles. The molecule has 1 amide bonds. The number of rotatable bonds is 7. The highest BCUT2D eigenvalue weighted by atomic mass is 16.5. The van der Waals surface area contributed by atoms with Gasteiger partial charge in [0, 0.05) is 17.5 Å². The molecule has 140 valence electrons. The van der Waals surface area contributed by atoms with Crippen molar-refractivity contribution < 1.29 is 18.7 Å². The number of carbonyl (C=O) groups is 2. The smallest absolute Gasteiger partial charge is 0.310 e. The average molecular weight is 365 g/mol. The second kappa shape index (κ2) is 8.54. The van der Waals surface area contributed by atoms with Crippen molar-refractivity contribution in [2.24, 2.45) is 0 Å². The molecule has 1 atom stereocenters. The summed E-state index contributed by atoms with van der Waals surface area (Å²) < 4.78 is 10.6. The first kappa shape index (κ1) is 18.7. The Morgan fingerprint density at radius 2 is 1.93 bits per heavy atom. The summed E-state index contributed by atoms with van der Waals surface area (Å²) in [5.41, 5.74) is 3.74.